The average Bonchev–Trinajstić information content (AvgIpc) is 3.00. The summed E-state index contributed by atoms with van der Waals surface area (Å²) in [6.07, 6.45) is 2.40. The Morgan fingerprint density at radius 1 is 0.953 bits per heavy atom. The van der Waals surface area contributed by atoms with Gasteiger partial charge in [0, 0.05) is 30.2 Å². The van der Waals surface area contributed by atoms with Gasteiger partial charge in [0.05, 0.1) is 17.7 Å². The highest BCUT2D eigenvalue weighted by Crippen LogP contribution is 2.36. The van der Waals surface area contributed by atoms with Crippen LogP contribution in [0, 0.1) is 5.92 Å². The lowest BCUT2D eigenvalue weighted by molar-refractivity contribution is -0.137. The summed E-state index contributed by atoms with van der Waals surface area (Å²) in [5.41, 5.74) is 0.965. The molecule has 2 saturated heterocycles. The largest absolute Gasteiger partial charge is 0.477 e. The normalized spacial score (nSPS) is 17.5. The van der Waals surface area contributed by atoms with Gasteiger partial charge in [0.1, 0.15) is 5.82 Å². The maximum absolute atomic E-state index is 13.8. The van der Waals surface area contributed by atoms with Crippen molar-refractivity contribution in [3.05, 3.63) is 77.1 Å². The first-order valence-electron chi connectivity index (χ1n) is 14.8. The van der Waals surface area contributed by atoms with Crippen LogP contribution in [0.2, 0.25) is 0 Å². The standard InChI is InChI=1S/C32H39F3N6O2/c1-40-13-7-22(8-14-40)21-43-31-24(5-3-12-37-31)20-38-29-28(6-4-11-36-29)30(42)39-27-18-25(17-26(19-27)32(33,34)35)23-9-15-41(2)16-10-23/h3-6,11-12,17-19,22-23H,7-10,13-16,20-21H2,1-2H3,(H,36,38)(H,39,42). The quantitative estimate of drug-likeness (QED) is 0.319. The topological polar surface area (TPSA) is 82.6 Å². The molecular formula is C32H39F3N6O2. The summed E-state index contributed by atoms with van der Waals surface area (Å²) in [6, 6.07) is 10.8. The lowest BCUT2D eigenvalue weighted by Crippen LogP contribution is -2.32. The summed E-state index contributed by atoms with van der Waals surface area (Å²) in [5, 5.41) is 5.90. The van der Waals surface area contributed by atoms with E-state index in [2.05, 4.69) is 37.4 Å². The fraction of sp³-hybridized carbons (Fsp3) is 0.469. The number of piperidine rings is 2. The minimum absolute atomic E-state index is 0.000111. The molecule has 0 saturated carbocycles. The minimum atomic E-state index is -4.53. The molecule has 4 heterocycles. The van der Waals surface area contributed by atoms with Gasteiger partial charge >= 0.3 is 6.18 Å². The molecule has 5 rings (SSSR count). The number of halogens is 3. The van der Waals surface area contributed by atoms with Crippen molar-refractivity contribution in [1.82, 2.24) is 19.8 Å². The molecule has 2 aromatic heterocycles. The Labute approximate surface area is 250 Å². The summed E-state index contributed by atoms with van der Waals surface area (Å²) in [4.78, 5) is 26.6. The molecule has 1 amide bonds. The summed E-state index contributed by atoms with van der Waals surface area (Å²) in [5.74, 6) is 0.768. The lowest BCUT2D eigenvalue weighted by Gasteiger charge is -2.29. The predicted octanol–water partition coefficient (Wildman–Crippen LogP) is 5.89. The van der Waals surface area contributed by atoms with Gasteiger partial charge in [0.15, 0.2) is 0 Å². The maximum atomic E-state index is 13.8. The highest BCUT2D eigenvalue weighted by atomic mass is 19.4. The third-order valence-corrected chi connectivity index (χ3v) is 8.37. The van der Waals surface area contributed by atoms with E-state index >= 15 is 0 Å². The molecule has 2 N–H and O–H groups in total. The van der Waals surface area contributed by atoms with Gasteiger partial charge in [-0.25, -0.2) is 9.97 Å². The number of amides is 1. The summed E-state index contributed by atoms with van der Waals surface area (Å²) < 4.78 is 47.5. The first-order valence-corrected chi connectivity index (χ1v) is 14.8. The number of pyridine rings is 2. The van der Waals surface area contributed by atoms with E-state index < -0.39 is 17.6 Å². The zero-order valence-corrected chi connectivity index (χ0v) is 24.7. The van der Waals surface area contributed by atoms with E-state index in [1.165, 1.54) is 6.07 Å². The molecular weight excluding hydrogens is 557 g/mol. The minimum Gasteiger partial charge on any atom is -0.477 e. The molecule has 43 heavy (non-hydrogen) atoms. The van der Waals surface area contributed by atoms with Crippen LogP contribution in [-0.2, 0) is 12.7 Å². The van der Waals surface area contributed by atoms with Crippen LogP contribution < -0.4 is 15.4 Å². The van der Waals surface area contributed by atoms with E-state index in [-0.39, 0.29) is 17.2 Å². The van der Waals surface area contributed by atoms with Gasteiger partial charge in [-0.3, -0.25) is 4.79 Å². The Hall–Kier alpha value is -3.70. The number of hydrogen-bond donors (Lipinski definition) is 2. The van der Waals surface area contributed by atoms with Gasteiger partial charge in [0.2, 0.25) is 5.88 Å². The summed E-state index contributed by atoms with van der Waals surface area (Å²) >= 11 is 0. The van der Waals surface area contributed by atoms with Crippen LogP contribution in [0.15, 0.2) is 54.9 Å². The van der Waals surface area contributed by atoms with Gasteiger partial charge in [-0.05, 0) is 120 Å². The van der Waals surface area contributed by atoms with Crippen molar-refractivity contribution in [2.75, 3.05) is 57.5 Å². The van der Waals surface area contributed by atoms with Crippen molar-refractivity contribution < 1.29 is 22.7 Å². The van der Waals surface area contributed by atoms with Crippen molar-refractivity contribution in [3.8, 4) is 5.88 Å². The van der Waals surface area contributed by atoms with Crippen LogP contribution in [0.1, 0.15) is 58.6 Å². The first kappa shape index (κ1) is 30.7. The number of carbonyl (C=O) groups is 1. The number of aromatic nitrogens is 2. The Bertz CT molecular complexity index is 1390. The number of likely N-dealkylation sites (tertiary alicyclic amines) is 2. The monoisotopic (exact) mass is 596 g/mol. The molecule has 0 bridgehead atoms. The molecule has 2 aliphatic rings. The van der Waals surface area contributed by atoms with E-state index in [1.54, 1.807) is 30.6 Å². The number of anilines is 2. The fourth-order valence-electron chi connectivity index (χ4n) is 5.69. The van der Waals surface area contributed by atoms with E-state index in [1.807, 2.05) is 19.2 Å². The Balaban J connectivity index is 1.28. The zero-order chi connectivity index (χ0) is 30.4. The van der Waals surface area contributed by atoms with Gasteiger partial charge in [-0.1, -0.05) is 6.07 Å². The van der Waals surface area contributed by atoms with Crippen LogP contribution in [0.4, 0.5) is 24.7 Å². The lowest BCUT2D eigenvalue weighted by atomic mass is 9.88. The molecule has 0 unspecified atom stereocenters. The summed E-state index contributed by atoms with van der Waals surface area (Å²) in [6.45, 7) is 4.62. The predicted molar refractivity (Wildman–Crippen MR) is 160 cm³/mol. The molecule has 0 spiro atoms. The Morgan fingerprint density at radius 2 is 1.63 bits per heavy atom. The van der Waals surface area contributed by atoms with Crippen molar-refractivity contribution >= 4 is 17.4 Å². The van der Waals surface area contributed by atoms with Crippen LogP contribution in [0.5, 0.6) is 5.88 Å². The van der Waals surface area contributed by atoms with Gasteiger partial charge in [-0.2, -0.15) is 13.2 Å². The SMILES string of the molecule is CN1CCC(COc2ncccc2CNc2ncccc2C(=O)Nc2cc(C3CCN(C)CC3)cc(C(F)(F)F)c2)CC1. The van der Waals surface area contributed by atoms with Gasteiger partial charge in [0.25, 0.3) is 5.91 Å². The second-order valence-corrected chi connectivity index (χ2v) is 11.7. The maximum Gasteiger partial charge on any atom is 0.416 e. The molecule has 0 atom stereocenters. The van der Waals surface area contributed by atoms with Crippen molar-refractivity contribution in [1.29, 1.82) is 0 Å². The molecule has 0 aliphatic carbocycles. The second-order valence-electron chi connectivity index (χ2n) is 11.7. The highest BCUT2D eigenvalue weighted by Gasteiger charge is 2.32. The Kier molecular flexibility index (Phi) is 9.82. The number of benzene rings is 1. The Morgan fingerprint density at radius 3 is 2.35 bits per heavy atom. The van der Waals surface area contributed by atoms with Crippen LogP contribution in [0.25, 0.3) is 0 Å². The van der Waals surface area contributed by atoms with Crippen molar-refractivity contribution in [2.24, 2.45) is 5.92 Å². The molecule has 3 aromatic rings. The number of alkyl halides is 3. The van der Waals surface area contributed by atoms with Gasteiger partial charge in [-0.15, -0.1) is 0 Å². The van der Waals surface area contributed by atoms with E-state index in [0.717, 1.165) is 63.5 Å². The molecule has 2 fully saturated rings. The van der Waals surface area contributed by atoms with Crippen LogP contribution in [-0.4, -0.2) is 72.6 Å². The van der Waals surface area contributed by atoms with E-state index in [4.69, 9.17) is 4.74 Å². The highest BCUT2D eigenvalue weighted by molar-refractivity contribution is 6.07. The van der Waals surface area contributed by atoms with Gasteiger partial charge < -0.3 is 25.2 Å². The fourth-order valence-corrected chi connectivity index (χ4v) is 5.69. The molecule has 11 heteroatoms. The number of ether oxygens (including phenoxy) is 1. The van der Waals surface area contributed by atoms with Crippen LogP contribution >= 0.6 is 0 Å². The van der Waals surface area contributed by atoms with E-state index in [9.17, 15) is 18.0 Å². The third kappa shape index (κ3) is 8.23. The number of rotatable bonds is 9. The van der Waals surface area contributed by atoms with Crippen molar-refractivity contribution in [3.63, 3.8) is 0 Å². The molecule has 2 aliphatic heterocycles. The number of carbonyl (C=O) groups excluding carboxylic acids is 1. The number of hydrogen-bond acceptors (Lipinski definition) is 7. The molecule has 1 aromatic carbocycles. The second kappa shape index (κ2) is 13.7. The van der Waals surface area contributed by atoms with Crippen LogP contribution in [0.3, 0.4) is 0 Å². The molecule has 8 nitrogen and oxygen atoms in total. The number of nitrogens with zero attached hydrogens (tertiary/aromatic N) is 4. The number of nitrogens with one attached hydrogen (secondary N) is 2. The molecule has 230 valence electrons. The average molecular weight is 597 g/mol. The molecule has 0 radical (unpaired) electrons. The zero-order valence-electron chi connectivity index (χ0n) is 24.7. The smallest absolute Gasteiger partial charge is 0.416 e. The van der Waals surface area contributed by atoms with E-state index in [0.29, 0.717) is 36.3 Å². The first-order chi connectivity index (χ1) is 20.7. The summed E-state index contributed by atoms with van der Waals surface area (Å²) in [7, 11) is 4.13. The third-order valence-electron chi connectivity index (χ3n) is 8.37. The van der Waals surface area contributed by atoms with Crippen molar-refractivity contribution in [2.45, 2.75) is 44.3 Å².